The fraction of sp³-hybridized carbons (Fsp3) is 0.375. The Morgan fingerprint density at radius 2 is 2.30 bits per heavy atom. The summed E-state index contributed by atoms with van der Waals surface area (Å²) < 4.78 is 10.6. The largest absolute Gasteiger partial charge is 0.496 e. The third-order valence-electron chi connectivity index (χ3n) is 3.99. The predicted molar refractivity (Wildman–Crippen MR) is 82.0 cm³/mol. The van der Waals surface area contributed by atoms with Crippen molar-refractivity contribution in [3.8, 4) is 5.75 Å². The highest BCUT2D eigenvalue weighted by Crippen LogP contribution is 2.42. The van der Waals surface area contributed by atoms with E-state index in [1.807, 2.05) is 24.3 Å². The molecule has 0 spiro atoms. The third-order valence-corrected chi connectivity index (χ3v) is 3.99. The standard InChI is InChI=1S/C16H18N2O5/c1-17(8-14(19)20)7-11-6-10-4-3-5-13(22-2)15(10)12-9-23-16(21)18(11)12/h3-6,12H,7-9H2,1-2H3,(H,19,20). The smallest absolute Gasteiger partial charge is 0.414 e. The number of amides is 1. The molecule has 1 unspecified atom stereocenters. The average Bonchev–Trinajstić information content (AvgIpc) is 2.88. The van der Waals surface area contributed by atoms with Crippen LogP contribution in [0.5, 0.6) is 5.75 Å². The number of benzene rings is 1. The van der Waals surface area contributed by atoms with Gasteiger partial charge in [-0.25, -0.2) is 4.79 Å². The van der Waals surface area contributed by atoms with Crippen molar-refractivity contribution in [1.29, 1.82) is 0 Å². The highest BCUT2D eigenvalue weighted by molar-refractivity contribution is 5.79. The maximum absolute atomic E-state index is 12.1. The van der Waals surface area contributed by atoms with Crippen LogP contribution in [0.1, 0.15) is 17.2 Å². The van der Waals surface area contributed by atoms with Crippen LogP contribution < -0.4 is 4.74 Å². The Morgan fingerprint density at radius 1 is 1.52 bits per heavy atom. The fourth-order valence-electron chi connectivity index (χ4n) is 3.11. The van der Waals surface area contributed by atoms with Gasteiger partial charge in [0.2, 0.25) is 0 Å². The Labute approximate surface area is 133 Å². The molecule has 1 aromatic carbocycles. The molecule has 0 radical (unpaired) electrons. The Balaban J connectivity index is 1.99. The lowest BCUT2D eigenvalue weighted by Gasteiger charge is -2.32. The highest BCUT2D eigenvalue weighted by Gasteiger charge is 2.41. The number of carbonyl (C=O) groups is 2. The van der Waals surface area contributed by atoms with Crippen molar-refractivity contribution in [3.05, 3.63) is 35.0 Å². The summed E-state index contributed by atoms with van der Waals surface area (Å²) in [5.41, 5.74) is 2.61. The van der Waals surface area contributed by atoms with Crippen LogP contribution in [0.4, 0.5) is 4.79 Å². The molecule has 3 rings (SSSR count). The molecule has 0 aliphatic carbocycles. The number of carboxylic acid groups (broad SMARTS) is 1. The number of nitrogens with zero attached hydrogens (tertiary/aromatic N) is 2. The number of cyclic esters (lactones) is 1. The Morgan fingerprint density at radius 3 is 3.00 bits per heavy atom. The molecular formula is C16H18N2O5. The molecule has 0 bridgehead atoms. The summed E-state index contributed by atoms with van der Waals surface area (Å²) >= 11 is 0. The quantitative estimate of drug-likeness (QED) is 0.887. The van der Waals surface area contributed by atoms with Crippen molar-refractivity contribution < 1.29 is 24.2 Å². The molecule has 1 aromatic rings. The minimum atomic E-state index is -0.911. The number of ether oxygens (including phenoxy) is 2. The summed E-state index contributed by atoms with van der Waals surface area (Å²) in [4.78, 5) is 26.2. The molecule has 0 aromatic heterocycles. The van der Waals surface area contributed by atoms with Gasteiger partial charge in [-0.15, -0.1) is 0 Å². The van der Waals surface area contributed by atoms with Gasteiger partial charge in [-0.1, -0.05) is 12.1 Å². The molecule has 7 heteroatoms. The summed E-state index contributed by atoms with van der Waals surface area (Å²) in [7, 11) is 3.30. The van der Waals surface area contributed by atoms with E-state index in [-0.39, 0.29) is 19.2 Å². The number of hydrogen-bond donors (Lipinski definition) is 1. The van der Waals surface area contributed by atoms with Gasteiger partial charge in [0.1, 0.15) is 18.4 Å². The van der Waals surface area contributed by atoms with E-state index >= 15 is 0 Å². The van der Waals surface area contributed by atoms with Crippen LogP contribution in [0.25, 0.3) is 6.08 Å². The van der Waals surface area contributed by atoms with Crippen LogP contribution in [0.15, 0.2) is 23.9 Å². The second-order valence-electron chi connectivity index (χ2n) is 5.63. The van der Waals surface area contributed by atoms with Gasteiger partial charge in [-0.05, 0) is 24.8 Å². The molecule has 2 aliphatic heterocycles. The maximum atomic E-state index is 12.1. The van der Waals surface area contributed by atoms with Crippen LogP contribution >= 0.6 is 0 Å². The molecule has 1 saturated heterocycles. The van der Waals surface area contributed by atoms with E-state index in [1.54, 1.807) is 24.0 Å². The molecule has 1 fully saturated rings. The normalized spacial score (nSPS) is 19.1. The lowest BCUT2D eigenvalue weighted by molar-refractivity contribution is -0.137. The summed E-state index contributed by atoms with van der Waals surface area (Å²) in [6.45, 7) is 0.497. The van der Waals surface area contributed by atoms with Crippen molar-refractivity contribution in [2.75, 3.05) is 33.9 Å². The van der Waals surface area contributed by atoms with E-state index < -0.39 is 12.1 Å². The minimum absolute atomic E-state index is 0.101. The van der Waals surface area contributed by atoms with Gasteiger partial charge < -0.3 is 14.6 Å². The number of rotatable bonds is 5. The van der Waals surface area contributed by atoms with E-state index in [4.69, 9.17) is 14.6 Å². The number of methoxy groups -OCH3 is 1. The number of fused-ring (bicyclic) bond motifs is 3. The summed E-state index contributed by atoms with van der Waals surface area (Å²) in [6.07, 6.45) is 1.47. The topological polar surface area (TPSA) is 79.3 Å². The minimum Gasteiger partial charge on any atom is -0.496 e. The second-order valence-corrected chi connectivity index (χ2v) is 5.63. The zero-order valence-corrected chi connectivity index (χ0v) is 13.0. The predicted octanol–water partition coefficient (Wildman–Crippen LogP) is 1.56. The summed E-state index contributed by atoms with van der Waals surface area (Å²) in [6, 6.07) is 5.46. The summed E-state index contributed by atoms with van der Waals surface area (Å²) in [5.74, 6) is -0.198. The molecule has 23 heavy (non-hydrogen) atoms. The van der Waals surface area contributed by atoms with E-state index in [1.165, 1.54) is 0 Å². The molecule has 122 valence electrons. The van der Waals surface area contributed by atoms with Crippen molar-refractivity contribution in [2.24, 2.45) is 0 Å². The SMILES string of the molecule is COc1cccc2c1C1COC(=O)N1C(CN(C)CC(=O)O)=C2. The van der Waals surface area contributed by atoms with Gasteiger partial charge in [0, 0.05) is 17.8 Å². The Bertz CT molecular complexity index is 685. The lowest BCUT2D eigenvalue weighted by Crippen LogP contribution is -2.37. The Kier molecular flexibility index (Phi) is 3.96. The van der Waals surface area contributed by atoms with Crippen LogP contribution in [0.2, 0.25) is 0 Å². The van der Waals surface area contributed by atoms with Gasteiger partial charge in [0.15, 0.2) is 0 Å². The van der Waals surface area contributed by atoms with E-state index in [0.29, 0.717) is 12.3 Å². The van der Waals surface area contributed by atoms with Gasteiger partial charge >= 0.3 is 12.1 Å². The number of carbonyl (C=O) groups excluding carboxylic acids is 1. The molecule has 7 nitrogen and oxygen atoms in total. The first-order valence-corrected chi connectivity index (χ1v) is 7.25. The van der Waals surface area contributed by atoms with Crippen molar-refractivity contribution in [2.45, 2.75) is 6.04 Å². The van der Waals surface area contributed by atoms with Crippen LogP contribution in [0, 0.1) is 0 Å². The van der Waals surface area contributed by atoms with E-state index in [2.05, 4.69) is 0 Å². The molecule has 1 N–H and O–H groups in total. The average molecular weight is 318 g/mol. The van der Waals surface area contributed by atoms with Crippen LogP contribution in [-0.2, 0) is 9.53 Å². The van der Waals surface area contributed by atoms with Gasteiger partial charge in [-0.2, -0.15) is 0 Å². The van der Waals surface area contributed by atoms with Crippen molar-refractivity contribution >= 4 is 18.1 Å². The van der Waals surface area contributed by atoms with Crippen LogP contribution in [0.3, 0.4) is 0 Å². The first-order valence-electron chi connectivity index (χ1n) is 7.25. The third kappa shape index (κ3) is 2.75. The second kappa shape index (κ2) is 5.92. The number of aliphatic carboxylic acids is 1. The van der Waals surface area contributed by atoms with E-state index in [0.717, 1.165) is 16.8 Å². The van der Waals surface area contributed by atoms with Gasteiger partial charge in [0.05, 0.1) is 13.7 Å². The number of likely N-dealkylation sites (N-methyl/N-ethyl adjacent to an activating group) is 1. The van der Waals surface area contributed by atoms with E-state index in [9.17, 15) is 9.59 Å². The lowest BCUT2D eigenvalue weighted by atomic mass is 9.94. The Hall–Kier alpha value is -2.54. The van der Waals surface area contributed by atoms with Gasteiger partial charge in [0.25, 0.3) is 0 Å². The zero-order valence-electron chi connectivity index (χ0n) is 13.0. The van der Waals surface area contributed by atoms with Crippen molar-refractivity contribution in [1.82, 2.24) is 9.80 Å². The van der Waals surface area contributed by atoms with Gasteiger partial charge in [-0.3, -0.25) is 14.6 Å². The molecule has 1 amide bonds. The first kappa shape index (κ1) is 15.4. The van der Waals surface area contributed by atoms with Crippen LogP contribution in [-0.4, -0.2) is 60.8 Å². The monoisotopic (exact) mass is 318 g/mol. The van der Waals surface area contributed by atoms with Crippen molar-refractivity contribution in [3.63, 3.8) is 0 Å². The molecule has 0 saturated carbocycles. The molecular weight excluding hydrogens is 300 g/mol. The molecule has 2 aliphatic rings. The number of carboxylic acids is 1. The zero-order chi connectivity index (χ0) is 16.6. The highest BCUT2D eigenvalue weighted by atomic mass is 16.6. The molecule has 1 atom stereocenters. The first-order chi connectivity index (χ1) is 11.0. The molecule has 2 heterocycles. The maximum Gasteiger partial charge on any atom is 0.414 e. The fourth-order valence-corrected chi connectivity index (χ4v) is 3.11. The summed E-state index contributed by atoms with van der Waals surface area (Å²) in [5, 5.41) is 8.90. The number of hydrogen-bond acceptors (Lipinski definition) is 5.